The molecular weight excluding hydrogens is 1170 g/mol. The van der Waals surface area contributed by atoms with E-state index in [0.29, 0.717) is 39.6 Å². The second-order valence-corrected chi connectivity index (χ2v) is 22.1. The lowest BCUT2D eigenvalue weighted by Gasteiger charge is -2.23. The van der Waals surface area contributed by atoms with Crippen molar-refractivity contribution in [1.29, 1.82) is 0 Å². The van der Waals surface area contributed by atoms with Crippen LogP contribution in [0.15, 0.2) is 158 Å². The second kappa shape index (κ2) is 20.6. The molecule has 0 radical (unpaired) electrons. The van der Waals surface area contributed by atoms with Gasteiger partial charge in [0.05, 0.1) is 55.7 Å². The first-order valence-electron chi connectivity index (χ1n) is 27.1. The van der Waals surface area contributed by atoms with Gasteiger partial charge < -0.3 is 9.13 Å². The van der Waals surface area contributed by atoms with Gasteiger partial charge in [0.2, 0.25) is 0 Å². The molecule has 88 heavy (non-hydrogen) atoms. The summed E-state index contributed by atoms with van der Waals surface area (Å²) in [5, 5.41) is 0.747. The van der Waals surface area contributed by atoms with Crippen molar-refractivity contribution in [3.05, 3.63) is 219 Å². The largest absolute Gasteiger partial charge is 0.420 e. The molecule has 3 aromatic heterocycles. The molecule has 0 aliphatic heterocycles. The first-order valence-corrected chi connectivity index (χ1v) is 27.1. The highest BCUT2D eigenvalue weighted by Gasteiger charge is 2.41. The topological polar surface area (TPSA) is 48.5 Å². The van der Waals surface area contributed by atoms with Gasteiger partial charge in [-0.1, -0.05) is 65.7 Å². The molecule has 0 aliphatic rings. The molecule has 3 heterocycles. The summed E-state index contributed by atoms with van der Waals surface area (Å²) in [5.41, 5.74) is -3.76. The van der Waals surface area contributed by atoms with Gasteiger partial charge in [-0.3, -0.25) is 0 Å². The standard InChI is InChI=1S/C68H44F15N5/c1-33-15-34(2)17-43(16-33)39-7-11-56-52(26-39)53-27-40(44-18-35(3)20-48(22-44)64(69,70)71)8-12-57(53)87(56)60-30-47(63-85-37(5)84-38(6)86-63)31-61(62(60)68(81,82)83)88-58-13-9-41(45-19-36(4)21-49(23-45)65(72,73)74)28-54(58)55-29-42(10-14-59(55)88)46-24-50(66(75,76)77)32-51(25-46)67(78,79)80/h7-32H,1-6H3. The SMILES string of the molecule is Cc1cc(C)cc(-c2ccc3c(c2)c2cc(-c4cc(C)cc(C(F)(F)F)c4)ccc2n3-c2cc(-c3nc(C)nc(C)n3)cc(-n3c4ccc(-c5cc(C)cc(C(F)(F)F)c5)cc4c4cc(-c5cc(C(F)(F)F)cc(C(F)(F)F)c5)ccc43)c2C(F)(F)F)c1. The maximum atomic E-state index is 17.1. The van der Waals surface area contributed by atoms with E-state index >= 15 is 13.2 Å². The average molecular weight is 1220 g/mol. The Hall–Kier alpha value is -9.46. The predicted octanol–water partition coefficient (Wildman–Crippen LogP) is 21.3. The Morgan fingerprint density at radius 1 is 0.261 bits per heavy atom. The highest BCUT2D eigenvalue weighted by Crippen LogP contribution is 2.49. The van der Waals surface area contributed by atoms with Gasteiger partial charge in [0.1, 0.15) is 17.2 Å². The van der Waals surface area contributed by atoms with Crippen LogP contribution in [0.25, 0.3) is 111 Å². The zero-order valence-electron chi connectivity index (χ0n) is 46.9. The Balaban J connectivity index is 1.21. The molecule has 5 nitrogen and oxygen atoms in total. The van der Waals surface area contributed by atoms with Gasteiger partial charge in [-0.05, 0) is 200 Å². The van der Waals surface area contributed by atoms with Crippen molar-refractivity contribution >= 4 is 43.6 Å². The van der Waals surface area contributed by atoms with E-state index in [4.69, 9.17) is 0 Å². The zero-order valence-corrected chi connectivity index (χ0v) is 46.9. The van der Waals surface area contributed by atoms with Gasteiger partial charge in [0, 0.05) is 27.1 Å². The van der Waals surface area contributed by atoms with Crippen LogP contribution in [0.1, 0.15) is 61.7 Å². The van der Waals surface area contributed by atoms with E-state index in [1.807, 2.05) is 32.0 Å². The fourth-order valence-electron chi connectivity index (χ4n) is 11.9. The number of halogens is 15. The van der Waals surface area contributed by atoms with Crippen molar-refractivity contribution in [2.24, 2.45) is 0 Å². The molecule has 0 atom stereocenters. The minimum Gasteiger partial charge on any atom is -0.309 e. The summed E-state index contributed by atoms with van der Waals surface area (Å²) in [6.45, 7) is 9.83. The maximum absolute atomic E-state index is 17.1. The molecule has 0 bridgehead atoms. The number of fused-ring (bicyclic) bond motifs is 6. The van der Waals surface area contributed by atoms with Crippen molar-refractivity contribution < 1.29 is 65.9 Å². The summed E-state index contributed by atoms with van der Waals surface area (Å²) in [5.74, 6) is 0.281. The molecule has 0 saturated carbocycles. The Morgan fingerprint density at radius 2 is 0.545 bits per heavy atom. The van der Waals surface area contributed by atoms with Crippen molar-refractivity contribution in [1.82, 2.24) is 24.1 Å². The molecule has 0 N–H and O–H groups in total. The normalized spacial score (nSPS) is 12.8. The minimum atomic E-state index is -5.32. The van der Waals surface area contributed by atoms with E-state index in [1.165, 1.54) is 83.6 Å². The molecule has 20 heteroatoms. The summed E-state index contributed by atoms with van der Waals surface area (Å²) in [4.78, 5) is 13.4. The van der Waals surface area contributed by atoms with Crippen molar-refractivity contribution in [2.75, 3.05) is 0 Å². The number of alkyl halides is 15. The average Bonchev–Trinajstić information content (AvgIpc) is 1.53. The van der Waals surface area contributed by atoms with Crippen LogP contribution >= 0.6 is 0 Å². The molecular formula is C68H44F15N5. The summed E-state index contributed by atoms with van der Waals surface area (Å²) in [6.07, 6.45) is -25.4. The van der Waals surface area contributed by atoms with Gasteiger partial charge in [-0.2, -0.15) is 65.9 Å². The van der Waals surface area contributed by atoms with E-state index in [1.54, 1.807) is 44.2 Å². The van der Waals surface area contributed by atoms with Gasteiger partial charge in [-0.15, -0.1) is 0 Å². The Labute approximate surface area is 491 Å². The Morgan fingerprint density at radius 3 is 0.852 bits per heavy atom. The van der Waals surface area contributed by atoms with Crippen LogP contribution in [-0.4, -0.2) is 24.1 Å². The van der Waals surface area contributed by atoms with Gasteiger partial charge >= 0.3 is 30.9 Å². The molecule has 0 amide bonds. The third kappa shape index (κ3) is 10.9. The van der Waals surface area contributed by atoms with Gasteiger partial charge in [0.15, 0.2) is 5.82 Å². The number of rotatable bonds is 7. The smallest absolute Gasteiger partial charge is 0.309 e. The predicted molar refractivity (Wildman–Crippen MR) is 309 cm³/mol. The quantitative estimate of drug-likeness (QED) is 0.149. The lowest BCUT2D eigenvalue weighted by Crippen LogP contribution is -2.16. The third-order valence-corrected chi connectivity index (χ3v) is 15.5. The first-order chi connectivity index (χ1) is 41.2. The summed E-state index contributed by atoms with van der Waals surface area (Å²) in [7, 11) is 0. The number of aryl methyl sites for hydroxylation is 6. The van der Waals surface area contributed by atoms with E-state index in [2.05, 4.69) is 15.0 Å². The van der Waals surface area contributed by atoms with Gasteiger partial charge in [0.25, 0.3) is 0 Å². The minimum absolute atomic E-state index is 0.00385. The number of nitrogens with zero attached hydrogens (tertiary/aromatic N) is 5. The summed E-state index contributed by atoms with van der Waals surface area (Å²) >= 11 is 0. The third-order valence-electron chi connectivity index (χ3n) is 15.5. The molecule has 12 aromatic rings. The molecule has 0 unspecified atom stereocenters. The van der Waals surface area contributed by atoms with E-state index in [9.17, 15) is 52.7 Å². The zero-order chi connectivity index (χ0) is 63.1. The molecule has 0 fully saturated rings. The lowest BCUT2D eigenvalue weighted by molar-refractivity contribution is -0.143. The van der Waals surface area contributed by atoms with Crippen LogP contribution in [0.2, 0.25) is 0 Å². The Bertz CT molecular complexity index is 4790. The fraction of sp³-hybridized carbons (Fsp3) is 0.162. The highest BCUT2D eigenvalue weighted by atomic mass is 19.4. The van der Waals surface area contributed by atoms with Crippen LogP contribution in [0.3, 0.4) is 0 Å². The van der Waals surface area contributed by atoms with Crippen LogP contribution in [-0.2, 0) is 30.9 Å². The summed E-state index contributed by atoms with van der Waals surface area (Å²) < 4.78 is 226. The van der Waals surface area contributed by atoms with Crippen molar-refractivity contribution in [3.63, 3.8) is 0 Å². The number of hydrogen-bond donors (Lipinski definition) is 0. The van der Waals surface area contributed by atoms with E-state index < -0.39 is 75.6 Å². The molecule has 9 aromatic carbocycles. The van der Waals surface area contributed by atoms with E-state index in [0.717, 1.165) is 47.0 Å². The van der Waals surface area contributed by atoms with Crippen molar-refractivity contribution in [3.8, 4) is 67.3 Å². The maximum Gasteiger partial charge on any atom is 0.420 e. The molecule has 12 rings (SSSR count). The fourth-order valence-corrected chi connectivity index (χ4v) is 11.9. The van der Waals surface area contributed by atoms with Gasteiger partial charge in [-0.25, -0.2) is 15.0 Å². The monoisotopic (exact) mass is 1220 g/mol. The van der Waals surface area contributed by atoms with Crippen molar-refractivity contribution in [2.45, 2.75) is 72.4 Å². The van der Waals surface area contributed by atoms with Crippen LogP contribution in [0, 0.1) is 41.5 Å². The number of benzene rings is 9. The molecule has 0 saturated heterocycles. The Kier molecular flexibility index (Phi) is 13.8. The summed E-state index contributed by atoms with van der Waals surface area (Å²) in [6, 6.07) is 33.5. The lowest BCUT2D eigenvalue weighted by atomic mass is 9.96. The van der Waals surface area contributed by atoms with Crippen LogP contribution in [0.4, 0.5) is 65.9 Å². The van der Waals surface area contributed by atoms with E-state index in [-0.39, 0.29) is 89.8 Å². The first kappa shape index (κ1) is 58.9. The highest BCUT2D eigenvalue weighted by molar-refractivity contribution is 6.14. The second-order valence-electron chi connectivity index (χ2n) is 22.1. The molecule has 0 aliphatic carbocycles. The molecule has 0 spiro atoms. The molecule has 446 valence electrons. The number of hydrogen-bond acceptors (Lipinski definition) is 3. The number of aromatic nitrogens is 5. The van der Waals surface area contributed by atoms with Crippen LogP contribution in [0.5, 0.6) is 0 Å². The van der Waals surface area contributed by atoms with Crippen LogP contribution < -0.4 is 0 Å².